The van der Waals surface area contributed by atoms with Gasteiger partial charge in [0.25, 0.3) is 0 Å². The molecule has 2 amide bonds. The Hall–Kier alpha value is -1.32. The zero-order valence-corrected chi connectivity index (χ0v) is 8.69. The lowest BCUT2D eigenvalue weighted by Crippen LogP contribution is -2.44. The first-order chi connectivity index (χ1) is 6.57. The first kappa shape index (κ1) is 10.8. The van der Waals surface area contributed by atoms with Crippen LogP contribution in [0.2, 0.25) is 0 Å². The summed E-state index contributed by atoms with van der Waals surface area (Å²) in [5.74, 6) is -0.152. The molecule has 0 radical (unpaired) electrons. The molecule has 78 valence electrons. The predicted molar refractivity (Wildman–Crippen MR) is 53.6 cm³/mol. The van der Waals surface area contributed by atoms with Crippen LogP contribution in [-0.4, -0.2) is 48.3 Å². The molecule has 4 nitrogen and oxygen atoms in total. The van der Waals surface area contributed by atoms with Crippen LogP contribution in [0, 0.1) is 0 Å². The molecule has 1 saturated heterocycles. The highest BCUT2D eigenvalue weighted by molar-refractivity contribution is 5.92. The van der Waals surface area contributed by atoms with E-state index in [9.17, 15) is 9.59 Å². The van der Waals surface area contributed by atoms with Crippen molar-refractivity contribution in [2.24, 2.45) is 0 Å². The molecule has 0 aromatic carbocycles. The fourth-order valence-corrected chi connectivity index (χ4v) is 1.70. The molecule has 1 aliphatic rings. The quantitative estimate of drug-likeness (QED) is 0.594. The van der Waals surface area contributed by atoms with Crippen LogP contribution in [0.5, 0.6) is 0 Å². The van der Waals surface area contributed by atoms with Crippen LogP contribution in [-0.2, 0) is 9.59 Å². The number of likely N-dealkylation sites (N-methyl/N-ethyl adjacent to an activating group) is 1. The van der Waals surface area contributed by atoms with Crippen molar-refractivity contribution in [3.63, 3.8) is 0 Å². The van der Waals surface area contributed by atoms with Gasteiger partial charge in [-0.05, 0) is 18.9 Å². The number of likely N-dealkylation sites (tertiary alicyclic amines) is 1. The number of rotatable bonds is 2. The first-order valence-electron chi connectivity index (χ1n) is 4.72. The smallest absolute Gasteiger partial charge is 0.246 e. The average molecular weight is 196 g/mol. The Kier molecular flexibility index (Phi) is 3.28. The summed E-state index contributed by atoms with van der Waals surface area (Å²) in [5, 5.41) is 0. The van der Waals surface area contributed by atoms with Gasteiger partial charge in [-0.3, -0.25) is 9.59 Å². The van der Waals surface area contributed by atoms with Gasteiger partial charge in [0.05, 0.1) is 0 Å². The predicted octanol–water partition coefficient (Wildman–Crippen LogP) is 0.252. The highest BCUT2D eigenvalue weighted by Gasteiger charge is 2.33. The summed E-state index contributed by atoms with van der Waals surface area (Å²) in [6.45, 7) is 4.09. The molecule has 0 N–H and O–H groups in total. The molecule has 14 heavy (non-hydrogen) atoms. The van der Waals surface area contributed by atoms with Gasteiger partial charge in [-0.25, -0.2) is 0 Å². The van der Waals surface area contributed by atoms with Crippen molar-refractivity contribution in [1.82, 2.24) is 9.80 Å². The molecule has 1 atom stereocenters. The first-order valence-corrected chi connectivity index (χ1v) is 4.72. The van der Waals surface area contributed by atoms with Gasteiger partial charge >= 0.3 is 0 Å². The van der Waals surface area contributed by atoms with E-state index in [0.717, 1.165) is 12.8 Å². The summed E-state index contributed by atoms with van der Waals surface area (Å²) in [6, 6.07) is -0.282. The van der Waals surface area contributed by atoms with Crippen molar-refractivity contribution in [2.45, 2.75) is 18.9 Å². The average Bonchev–Trinajstić information content (AvgIpc) is 2.63. The highest BCUT2D eigenvalue weighted by Crippen LogP contribution is 2.18. The minimum atomic E-state index is -0.282. The topological polar surface area (TPSA) is 40.6 Å². The third-order valence-electron chi connectivity index (χ3n) is 2.44. The molecule has 4 heteroatoms. The van der Waals surface area contributed by atoms with Crippen LogP contribution >= 0.6 is 0 Å². The van der Waals surface area contributed by atoms with Gasteiger partial charge in [-0.1, -0.05) is 6.58 Å². The molecule has 0 spiro atoms. The van der Waals surface area contributed by atoms with E-state index in [-0.39, 0.29) is 17.9 Å². The fourth-order valence-electron chi connectivity index (χ4n) is 1.70. The lowest BCUT2D eigenvalue weighted by molar-refractivity contribution is -0.139. The SMILES string of the molecule is C=CC(=O)N1CCC[C@H]1C(=O)N(C)C. The second kappa shape index (κ2) is 4.26. The lowest BCUT2D eigenvalue weighted by atomic mass is 10.2. The second-order valence-corrected chi connectivity index (χ2v) is 3.63. The Morgan fingerprint density at radius 3 is 2.64 bits per heavy atom. The number of hydrogen-bond acceptors (Lipinski definition) is 2. The maximum Gasteiger partial charge on any atom is 0.246 e. The summed E-state index contributed by atoms with van der Waals surface area (Å²) < 4.78 is 0. The fraction of sp³-hybridized carbons (Fsp3) is 0.600. The van der Waals surface area contributed by atoms with Gasteiger partial charge in [0.15, 0.2) is 0 Å². The Morgan fingerprint density at radius 2 is 2.14 bits per heavy atom. The maximum absolute atomic E-state index is 11.7. The van der Waals surface area contributed by atoms with E-state index in [2.05, 4.69) is 6.58 Å². The van der Waals surface area contributed by atoms with E-state index >= 15 is 0 Å². The highest BCUT2D eigenvalue weighted by atomic mass is 16.2. The zero-order valence-electron chi connectivity index (χ0n) is 8.69. The van der Waals surface area contributed by atoms with Crippen LogP contribution in [0.1, 0.15) is 12.8 Å². The van der Waals surface area contributed by atoms with E-state index in [0.29, 0.717) is 6.54 Å². The lowest BCUT2D eigenvalue weighted by Gasteiger charge is -2.24. The van der Waals surface area contributed by atoms with Crippen LogP contribution in [0.4, 0.5) is 0 Å². The monoisotopic (exact) mass is 196 g/mol. The minimum Gasteiger partial charge on any atom is -0.347 e. The van der Waals surface area contributed by atoms with Gasteiger partial charge in [-0.15, -0.1) is 0 Å². The second-order valence-electron chi connectivity index (χ2n) is 3.63. The number of hydrogen-bond donors (Lipinski definition) is 0. The molecule has 0 saturated carbocycles. The standard InChI is InChI=1S/C10H16N2O2/c1-4-9(13)12-7-5-6-8(12)10(14)11(2)3/h4,8H,1,5-7H2,2-3H3/t8-/m0/s1. The molecule has 0 aliphatic carbocycles. The van der Waals surface area contributed by atoms with Gasteiger partial charge in [0.1, 0.15) is 6.04 Å². The summed E-state index contributed by atoms with van der Waals surface area (Å²) in [5.41, 5.74) is 0. The summed E-state index contributed by atoms with van der Waals surface area (Å²) in [6.07, 6.45) is 2.92. The van der Waals surface area contributed by atoms with Crippen LogP contribution in [0.25, 0.3) is 0 Å². The number of amides is 2. The van der Waals surface area contributed by atoms with Gasteiger partial charge in [-0.2, -0.15) is 0 Å². The van der Waals surface area contributed by atoms with E-state index < -0.39 is 0 Å². The van der Waals surface area contributed by atoms with Crippen molar-refractivity contribution in [1.29, 1.82) is 0 Å². The van der Waals surface area contributed by atoms with Crippen molar-refractivity contribution in [2.75, 3.05) is 20.6 Å². The van der Waals surface area contributed by atoms with Crippen LogP contribution in [0.15, 0.2) is 12.7 Å². The molecule has 0 unspecified atom stereocenters. The third-order valence-corrected chi connectivity index (χ3v) is 2.44. The molecular weight excluding hydrogens is 180 g/mol. The van der Waals surface area contributed by atoms with E-state index in [1.54, 1.807) is 19.0 Å². The van der Waals surface area contributed by atoms with E-state index in [1.807, 2.05) is 0 Å². The summed E-state index contributed by atoms with van der Waals surface area (Å²) in [7, 11) is 3.41. The molecule has 0 aromatic rings. The van der Waals surface area contributed by atoms with Gasteiger partial charge in [0, 0.05) is 20.6 Å². The molecule has 1 rings (SSSR count). The molecule has 1 fully saturated rings. The van der Waals surface area contributed by atoms with Crippen LogP contribution in [0.3, 0.4) is 0 Å². The van der Waals surface area contributed by atoms with Crippen molar-refractivity contribution in [3.05, 3.63) is 12.7 Å². The minimum absolute atomic E-state index is 0.00213. The maximum atomic E-state index is 11.7. The molecule has 0 bridgehead atoms. The van der Waals surface area contributed by atoms with Crippen LogP contribution < -0.4 is 0 Å². The number of carbonyl (C=O) groups is 2. The van der Waals surface area contributed by atoms with Crippen molar-refractivity contribution >= 4 is 11.8 Å². The van der Waals surface area contributed by atoms with Gasteiger partial charge < -0.3 is 9.80 Å². The van der Waals surface area contributed by atoms with E-state index in [1.165, 1.54) is 11.0 Å². The Labute approximate surface area is 84.2 Å². The third kappa shape index (κ3) is 1.95. The zero-order chi connectivity index (χ0) is 10.7. The molecule has 1 heterocycles. The Morgan fingerprint density at radius 1 is 1.50 bits per heavy atom. The Balaban J connectivity index is 2.73. The molecule has 0 aromatic heterocycles. The van der Waals surface area contributed by atoms with Gasteiger partial charge in [0.2, 0.25) is 11.8 Å². The summed E-state index contributed by atoms with van der Waals surface area (Å²) >= 11 is 0. The Bertz CT molecular complexity index is 261. The van der Waals surface area contributed by atoms with Crippen molar-refractivity contribution < 1.29 is 9.59 Å². The van der Waals surface area contributed by atoms with Crippen molar-refractivity contribution in [3.8, 4) is 0 Å². The summed E-state index contributed by atoms with van der Waals surface area (Å²) in [4.78, 5) is 26.2. The van der Waals surface area contributed by atoms with E-state index in [4.69, 9.17) is 0 Å². The normalized spacial score (nSPS) is 20.7. The molecule has 1 aliphatic heterocycles. The largest absolute Gasteiger partial charge is 0.347 e. The number of nitrogens with zero attached hydrogens (tertiary/aromatic N) is 2. The molecular formula is C10H16N2O2. The number of carbonyl (C=O) groups excluding carboxylic acids is 2.